The van der Waals surface area contributed by atoms with Crippen molar-refractivity contribution in [1.29, 1.82) is 0 Å². The van der Waals surface area contributed by atoms with E-state index in [-0.39, 0.29) is 36.1 Å². The molecule has 7 nitrogen and oxygen atoms in total. The number of imide groups is 1. The van der Waals surface area contributed by atoms with E-state index in [0.717, 1.165) is 37.1 Å². The molecule has 2 saturated heterocycles. The number of fused-ring (bicyclic) bond motifs is 1. The third-order valence-electron chi connectivity index (χ3n) is 6.36. The highest BCUT2D eigenvalue weighted by atomic mass is 16.5. The van der Waals surface area contributed by atoms with Crippen molar-refractivity contribution in [3.8, 4) is 5.75 Å². The van der Waals surface area contributed by atoms with Crippen LogP contribution in [0.4, 0.5) is 5.69 Å². The predicted octanol–water partition coefficient (Wildman–Crippen LogP) is 1.91. The fraction of sp³-hybridized carbons (Fsp3) is 0.591. The first-order valence-corrected chi connectivity index (χ1v) is 10.7. The molecular formula is C22H29N3O4. The molecule has 4 rings (SSSR count). The highest BCUT2D eigenvalue weighted by Gasteiger charge is 2.48. The van der Waals surface area contributed by atoms with E-state index >= 15 is 0 Å². The monoisotopic (exact) mass is 399 g/mol. The Balaban J connectivity index is 1.35. The molecule has 3 fully saturated rings. The van der Waals surface area contributed by atoms with Gasteiger partial charge in [-0.25, -0.2) is 0 Å². The standard InChI is InChI=1S/C22H29N3O4/c1-2-29-19-10-6-5-9-18(19)23-11-13-24(14-12-23)20(26)15-25-21(27)16-7-3-4-8-17(16)22(25)28/h5-6,9-10,16-17H,2-4,7-8,11-15H2,1H3/t16-,17-/m0/s1. The molecule has 3 aliphatic rings. The molecule has 1 saturated carbocycles. The zero-order valence-corrected chi connectivity index (χ0v) is 17.0. The molecule has 0 bridgehead atoms. The lowest BCUT2D eigenvalue weighted by molar-refractivity contribution is -0.146. The molecule has 7 heteroatoms. The Morgan fingerprint density at radius 3 is 2.24 bits per heavy atom. The van der Waals surface area contributed by atoms with E-state index < -0.39 is 0 Å². The number of carbonyl (C=O) groups is 3. The number of anilines is 1. The van der Waals surface area contributed by atoms with Crippen molar-refractivity contribution >= 4 is 23.4 Å². The van der Waals surface area contributed by atoms with Gasteiger partial charge in [0.25, 0.3) is 0 Å². The first-order valence-electron chi connectivity index (χ1n) is 10.7. The Bertz CT molecular complexity index is 764. The summed E-state index contributed by atoms with van der Waals surface area (Å²) in [6, 6.07) is 7.93. The second-order valence-electron chi connectivity index (χ2n) is 8.03. The van der Waals surface area contributed by atoms with E-state index in [9.17, 15) is 14.4 Å². The highest BCUT2D eigenvalue weighted by molar-refractivity contribution is 6.07. The molecular weight excluding hydrogens is 370 g/mol. The van der Waals surface area contributed by atoms with Crippen LogP contribution in [0.5, 0.6) is 5.75 Å². The Morgan fingerprint density at radius 1 is 1.00 bits per heavy atom. The quantitative estimate of drug-likeness (QED) is 0.708. The Labute approximate surface area is 171 Å². The van der Waals surface area contributed by atoms with Gasteiger partial charge in [0.05, 0.1) is 24.1 Å². The minimum atomic E-state index is -0.198. The average molecular weight is 399 g/mol. The van der Waals surface area contributed by atoms with Gasteiger partial charge < -0.3 is 14.5 Å². The van der Waals surface area contributed by atoms with Gasteiger partial charge in [0, 0.05) is 26.2 Å². The van der Waals surface area contributed by atoms with Crippen LogP contribution in [0, 0.1) is 11.8 Å². The van der Waals surface area contributed by atoms with Crippen LogP contribution in [0.25, 0.3) is 0 Å². The molecule has 0 aromatic heterocycles. The van der Waals surface area contributed by atoms with Gasteiger partial charge in [-0.2, -0.15) is 0 Å². The first-order chi connectivity index (χ1) is 14.1. The second kappa shape index (κ2) is 8.43. The van der Waals surface area contributed by atoms with Crippen molar-refractivity contribution in [2.75, 3.05) is 44.2 Å². The van der Waals surface area contributed by atoms with E-state index in [2.05, 4.69) is 4.90 Å². The third kappa shape index (κ3) is 3.82. The molecule has 2 heterocycles. The van der Waals surface area contributed by atoms with Crippen molar-refractivity contribution in [2.24, 2.45) is 11.8 Å². The Kier molecular flexibility index (Phi) is 5.74. The number of piperazine rings is 1. The van der Waals surface area contributed by atoms with Crippen LogP contribution in [-0.4, -0.2) is 66.9 Å². The molecule has 2 aliphatic heterocycles. The van der Waals surface area contributed by atoms with Gasteiger partial charge in [-0.05, 0) is 31.9 Å². The minimum absolute atomic E-state index is 0.111. The minimum Gasteiger partial charge on any atom is -0.492 e. The molecule has 0 spiro atoms. The Hall–Kier alpha value is -2.57. The lowest BCUT2D eigenvalue weighted by atomic mass is 9.81. The van der Waals surface area contributed by atoms with Crippen molar-refractivity contribution < 1.29 is 19.1 Å². The van der Waals surface area contributed by atoms with Crippen LogP contribution in [-0.2, 0) is 14.4 Å². The summed E-state index contributed by atoms with van der Waals surface area (Å²) < 4.78 is 5.72. The summed E-state index contributed by atoms with van der Waals surface area (Å²) >= 11 is 0. The number of amides is 3. The summed E-state index contributed by atoms with van der Waals surface area (Å²) in [6.07, 6.45) is 3.54. The van der Waals surface area contributed by atoms with Gasteiger partial charge in [0.1, 0.15) is 12.3 Å². The van der Waals surface area contributed by atoms with Gasteiger partial charge >= 0.3 is 0 Å². The summed E-state index contributed by atoms with van der Waals surface area (Å²) in [6.45, 7) is 5.00. The fourth-order valence-corrected chi connectivity index (χ4v) is 4.81. The number of para-hydroxylation sites is 2. The van der Waals surface area contributed by atoms with Gasteiger partial charge in [-0.15, -0.1) is 0 Å². The maximum atomic E-state index is 12.8. The van der Waals surface area contributed by atoms with Crippen molar-refractivity contribution in [3.05, 3.63) is 24.3 Å². The molecule has 2 atom stereocenters. The van der Waals surface area contributed by atoms with E-state index in [1.165, 1.54) is 4.90 Å². The zero-order valence-electron chi connectivity index (χ0n) is 17.0. The van der Waals surface area contributed by atoms with E-state index in [1.807, 2.05) is 31.2 Å². The van der Waals surface area contributed by atoms with Gasteiger partial charge in [-0.3, -0.25) is 19.3 Å². The SMILES string of the molecule is CCOc1ccccc1N1CCN(C(=O)CN2C(=O)[C@H]3CCCC[C@@H]3C2=O)CC1. The lowest BCUT2D eigenvalue weighted by Crippen LogP contribution is -2.52. The molecule has 1 aromatic carbocycles. The summed E-state index contributed by atoms with van der Waals surface area (Å²) in [5.74, 6) is 0.0373. The lowest BCUT2D eigenvalue weighted by Gasteiger charge is -2.37. The van der Waals surface area contributed by atoms with Gasteiger partial charge in [-0.1, -0.05) is 25.0 Å². The highest BCUT2D eigenvalue weighted by Crippen LogP contribution is 2.38. The number of hydrogen-bond acceptors (Lipinski definition) is 5. The van der Waals surface area contributed by atoms with Crippen LogP contribution >= 0.6 is 0 Å². The normalized spacial score (nSPS) is 24.7. The van der Waals surface area contributed by atoms with Crippen molar-refractivity contribution in [1.82, 2.24) is 9.80 Å². The maximum Gasteiger partial charge on any atom is 0.242 e. The molecule has 0 radical (unpaired) electrons. The number of carbonyl (C=O) groups excluding carboxylic acids is 3. The van der Waals surface area contributed by atoms with E-state index in [4.69, 9.17) is 4.74 Å². The average Bonchev–Trinajstić information content (AvgIpc) is 3.00. The molecule has 3 amide bonds. The molecule has 156 valence electrons. The summed E-state index contributed by atoms with van der Waals surface area (Å²) in [5, 5.41) is 0. The van der Waals surface area contributed by atoms with E-state index in [0.29, 0.717) is 32.8 Å². The van der Waals surface area contributed by atoms with Crippen molar-refractivity contribution in [3.63, 3.8) is 0 Å². The van der Waals surface area contributed by atoms with E-state index in [1.54, 1.807) is 4.90 Å². The fourth-order valence-electron chi connectivity index (χ4n) is 4.81. The molecule has 0 N–H and O–H groups in total. The molecule has 1 aromatic rings. The number of benzene rings is 1. The zero-order chi connectivity index (χ0) is 20.4. The second-order valence-corrected chi connectivity index (χ2v) is 8.03. The van der Waals surface area contributed by atoms with Gasteiger partial charge in [0.15, 0.2) is 0 Å². The number of rotatable bonds is 5. The summed E-state index contributed by atoms with van der Waals surface area (Å²) in [5.41, 5.74) is 1.04. The molecule has 0 unspecified atom stereocenters. The van der Waals surface area contributed by atoms with Gasteiger partial charge in [0.2, 0.25) is 17.7 Å². The predicted molar refractivity (Wildman–Crippen MR) is 109 cm³/mol. The largest absolute Gasteiger partial charge is 0.492 e. The smallest absolute Gasteiger partial charge is 0.242 e. The number of nitrogens with zero attached hydrogens (tertiary/aromatic N) is 3. The van der Waals surface area contributed by atoms with Crippen molar-refractivity contribution in [2.45, 2.75) is 32.6 Å². The molecule has 29 heavy (non-hydrogen) atoms. The van der Waals surface area contributed by atoms with Crippen LogP contribution < -0.4 is 9.64 Å². The Morgan fingerprint density at radius 2 is 1.62 bits per heavy atom. The number of likely N-dealkylation sites (tertiary alicyclic amines) is 1. The first kappa shape index (κ1) is 19.7. The maximum absolute atomic E-state index is 12.8. The van der Waals surface area contributed by atoms with Crippen LogP contribution in [0.1, 0.15) is 32.6 Å². The third-order valence-corrected chi connectivity index (χ3v) is 6.36. The van der Waals surface area contributed by atoms with Crippen LogP contribution in [0.2, 0.25) is 0 Å². The van der Waals surface area contributed by atoms with Crippen LogP contribution in [0.3, 0.4) is 0 Å². The summed E-state index contributed by atoms with van der Waals surface area (Å²) in [4.78, 5) is 43.2. The number of hydrogen-bond donors (Lipinski definition) is 0. The van der Waals surface area contributed by atoms with Crippen LogP contribution in [0.15, 0.2) is 24.3 Å². The number of ether oxygens (including phenoxy) is 1. The summed E-state index contributed by atoms with van der Waals surface area (Å²) in [7, 11) is 0. The topological polar surface area (TPSA) is 70.2 Å². The molecule has 1 aliphatic carbocycles.